The second-order valence-corrected chi connectivity index (χ2v) is 4.82. The summed E-state index contributed by atoms with van der Waals surface area (Å²) in [7, 11) is 0. The molecule has 0 aromatic heterocycles. The second kappa shape index (κ2) is 5.52. The van der Waals surface area contributed by atoms with Crippen LogP contribution in [0.15, 0.2) is 12.1 Å². The Bertz CT molecular complexity index is 551. The van der Waals surface area contributed by atoms with E-state index in [1.54, 1.807) is 12.1 Å². The van der Waals surface area contributed by atoms with Gasteiger partial charge in [0.2, 0.25) is 0 Å². The number of hydrogen-bond donors (Lipinski definition) is 2. The lowest BCUT2D eigenvalue weighted by molar-refractivity contribution is -0.123. The van der Waals surface area contributed by atoms with Crippen molar-refractivity contribution in [3.05, 3.63) is 22.7 Å². The fourth-order valence-corrected chi connectivity index (χ4v) is 2.45. The van der Waals surface area contributed by atoms with Crippen LogP contribution in [0.3, 0.4) is 0 Å². The van der Waals surface area contributed by atoms with Crippen LogP contribution in [0.25, 0.3) is 0 Å². The number of anilines is 2. The maximum Gasteiger partial charge on any atom is 0.257 e. The van der Waals surface area contributed by atoms with Crippen LogP contribution in [0.2, 0.25) is 5.02 Å². The molecule has 1 aromatic carbocycles. The molecule has 0 saturated carbocycles. The zero-order valence-corrected chi connectivity index (χ0v) is 11.4. The van der Waals surface area contributed by atoms with Gasteiger partial charge in [0, 0.05) is 17.8 Å². The maximum atomic E-state index is 11.4. The van der Waals surface area contributed by atoms with E-state index < -0.39 is 12.0 Å². The van der Waals surface area contributed by atoms with Crippen molar-refractivity contribution < 1.29 is 9.90 Å². The number of rotatable bonds is 4. The smallest absolute Gasteiger partial charge is 0.257 e. The number of benzene rings is 1. The highest BCUT2D eigenvalue weighted by Crippen LogP contribution is 2.38. The van der Waals surface area contributed by atoms with Gasteiger partial charge in [-0.05, 0) is 18.6 Å². The molecule has 100 valence electrons. The molecule has 4 nitrogen and oxygen atoms in total. The van der Waals surface area contributed by atoms with E-state index in [1.807, 2.05) is 4.90 Å². The van der Waals surface area contributed by atoms with Gasteiger partial charge in [0.15, 0.2) is 6.10 Å². The molecule has 0 spiro atoms. The molecule has 1 aliphatic heterocycles. The first-order valence-electron chi connectivity index (χ1n) is 6.09. The summed E-state index contributed by atoms with van der Waals surface area (Å²) in [5.74, 6) is 2.17. The van der Waals surface area contributed by atoms with E-state index in [4.69, 9.17) is 18.0 Å². The Kier molecular flexibility index (Phi) is 3.98. The largest absolute Gasteiger partial charge is 0.378 e. The average Bonchev–Trinajstić information content (AvgIpc) is 2.64. The monoisotopic (exact) mass is 278 g/mol. The SMILES string of the molecule is C#CCN(CCC)c1cc2c(cc1Cl)C(O)C(=O)N2. The minimum atomic E-state index is -1.14. The van der Waals surface area contributed by atoms with Gasteiger partial charge >= 0.3 is 0 Å². The average molecular weight is 279 g/mol. The molecular weight excluding hydrogens is 264 g/mol. The zero-order valence-electron chi connectivity index (χ0n) is 10.6. The van der Waals surface area contributed by atoms with Gasteiger partial charge in [0.25, 0.3) is 5.91 Å². The van der Waals surface area contributed by atoms with E-state index in [0.29, 0.717) is 22.8 Å². The summed E-state index contributed by atoms with van der Waals surface area (Å²) < 4.78 is 0. The number of amides is 1. The first kappa shape index (κ1) is 13.7. The summed E-state index contributed by atoms with van der Waals surface area (Å²) in [5.41, 5.74) is 1.88. The fourth-order valence-electron chi connectivity index (χ4n) is 2.16. The summed E-state index contributed by atoms with van der Waals surface area (Å²) in [6.45, 7) is 3.28. The number of halogens is 1. The molecule has 1 unspecified atom stereocenters. The third-order valence-electron chi connectivity index (χ3n) is 3.04. The van der Waals surface area contributed by atoms with Crippen LogP contribution in [0.4, 0.5) is 11.4 Å². The molecule has 1 heterocycles. The van der Waals surface area contributed by atoms with E-state index in [9.17, 15) is 9.90 Å². The second-order valence-electron chi connectivity index (χ2n) is 4.41. The third kappa shape index (κ3) is 2.53. The number of nitrogens with one attached hydrogen (secondary N) is 1. The fraction of sp³-hybridized carbons (Fsp3) is 0.357. The molecule has 1 aliphatic rings. The van der Waals surface area contributed by atoms with Gasteiger partial charge in [-0.25, -0.2) is 0 Å². The number of carbonyl (C=O) groups excluding carboxylic acids is 1. The number of aliphatic hydroxyl groups excluding tert-OH is 1. The Morgan fingerprint density at radius 1 is 1.58 bits per heavy atom. The molecular formula is C14H15ClN2O2. The summed E-state index contributed by atoms with van der Waals surface area (Å²) in [4.78, 5) is 13.4. The topological polar surface area (TPSA) is 52.6 Å². The van der Waals surface area contributed by atoms with Crippen LogP contribution in [-0.4, -0.2) is 24.1 Å². The predicted molar refractivity (Wildman–Crippen MR) is 76.4 cm³/mol. The summed E-state index contributed by atoms with van der Waals surface area (Å²) in [5, 5.41) is 12.8. The standard InChI is InChI=1S/C14H15ClN2O2/c1-3-5-17(6-4-2)12-8-11-9(7-10(12)15)13(18)14(19)16-11/h1,7-8,13,18H,4-6H2,2H3,(H,16,19). The van der Waals surface area contributed by atoms with Crippen LogP contribution in [0.5, 0.6) is 0 Å². The van der Waals surface area contributed by atoms with E-state index in [2.05, 4.69) is 18.2 Å². The molecule has 1 aromatic rings. The molecule has 1 amide bonds. The van der Waals surface area contributed by atoms with Gasteiger partial charge in [-0.15, -0.1) is 6.42 Å². The molecule has 0 radical (unpaired) electrons. The van der Waals surface area contributed by atoms with E-state index in [-0.39, 0.29) is 0 Å². The number of hydrogen-bond acceptors (Lipinski definition) is 3. The van der Waals surface area contributed by atoms with Gasteiger partial charge in [-0.3, -0.25) is 4.79 Å². The Morgan fingerprint density at radius 2 is 2.32 bits per heavy atom. The van der Waals surface area contributed by atoms with Gasteiger partial charge < -0.3 is 15.3 Å². The normalized spacial score (nSPS) is 16.7. The quantitative estimate of drug-likeness (QED) is 0.830. The first-order valence-corrected chi connectivity index (χ1v) is 6.47. The lowest BCUT2D eigenvalue weighted by Crippen LogP contribution is -2.24. The molecule has 0 saturated heterocycles. The Labute approximate surface area is 117 Å². The molecule has 0 aliphatic carbocycles. The Morgan fingerprint density at radius 3 is 2.95 bits per heavy atom. The van der Waals surface area contributed by atoms with Gasteiger partial charge in [-0.1, -0.05) is 24.4 Å². The predicted octanol–water partition coefficient (Wildman–Crippen LogP) is 2.18. The number of aliphatic hydroxyl groups is 1. The highest BCUT2D eigenvalue weighted by atomic mass is 35.5. The Hall–Kier alpha value is -1.70. The van der Waals surface area contributed by atoms with Crippen LogP contribution in [-0.2, 0) is 4.79 Å². The lowest BCUT2D eigenvalue weighted by atomic mass is 10.1. The van der Waals surface area contributed by atoms with Crippen molar-refractivity contribution in [3.8, 4) is 12.3 Å². The minimum absolute atomic E-state index is 0.429. The van der Waals surface area contributed by atoms with Crippen molar-refractivity contribution in [1.29, 1.82) is 0 Å². The van der Waals surface area contributed by atoms with E-state index >= 15 is 0 Å². The number of terminal acetylenes is 1. The van der Waals surface area contributed by atoms with Gasteiger partial charge in [0.05, 0.1) is 17.3 Å². The van der Waals surface area contributed by atoms with Crippen molar-refractivity contribution in [3.63, 3.8) is 0 Å². The lowest BCUT2D eigenvalue weighted by Gasteiger charge is -2.23. The van der Waals surface area contributed by atoms with Crippen LogP contribution in [0, 0.1) is 12.3 Å². The number of nitrogens with zero attached hydrogens (tertiary/aromatic N) is 1. The van der Waals surface area contributed by atoms with Crippen molar-refractivity contribution in [1.82, 2.24) is 0 Å². The summed E-state index contributed by atoms with van der Waals surface area (Å²) in [6, 6.07) is 3.38. The molecule has 2 N–H and O–H groups in total. The third-order valence-corrected chi connectivity index (χ3v) is 3.34. The van der Waals surface area contributed by atoms with Gasteiger partial charge in [-0.2, -0.15) is 0 Å². The van der Waals surface area contributed by atoms with Crippen molar-refractivity contribution >= 4 is 28.9 Å². The number of fused-ring (bicyclic) bond motifs is 1. The summed E-state index contributed by atoms with van der Waals surface area (Å²) in [6.07, 6.45) is 5.15. The van der Waals surface area contributed by atoms with Gasteiger partial charge in [0.1, 0.15) is 0 Å². The summed E-state index contributed by atoms with van der Waals surface area (Å²) >= 11 is 6.23. The van der Waals surface area contributed by atoms with Crippen LogP contribution < -0.4 is 10.2 Å². The molecule has 0 fully saturated rings. The van der Waals surface area contributed by atoms with E-state index in [0.717, 1.165) is 18.7 Å². The molecule has 5 heteroatoms. The van der Waals surface area contributed by atoms with Crippen molar-refractivity contribution in [2.45, 2.75) is 19.4 Å². The zero-order chi connectivity index (χ0) is 14.0. The van der Waals surface area contributed by atoms with Crippen molar-refractivity contribution in [2.75, 3.05) is 23.3 Å². The number of carbonyl (C=O) groups is 1. The van der Waals surface area contributed by atoms with Crippen LogP contribution in [0.1, 0.15) is 25.0 Å². The maximum absolute atomic E-state index is 11.4. The Balaban J connectivity index is 2.41. The first-order chi connectivity index (χ1) is 9.08. The highest BCUT2D eigenvalue weighted by molar-refractivity contribution is 6.33. The van der Waals surface area contributed by atoms with E-state index in [1.165, 1.54) is 0 Å². The molecule has 0 bridgehead atoms. The molecule has 1 atom stereocenters. The van der Waals surface area contributed by atoms with Crippen LogP contribution >= 0.6 is 11.6 Å². The minimum Gasteiger partial charge on any atom is -0.378 e. The highest BCUT2D eigenvalue weighted by Gasteiger charge is 2.30. The van der Waals surface area contributed by atoms with Crippen molar-refractivity contribution in [2.24, 2.45) is 0 Å². The molecule has 19 heavy (non-hydrogen) atoms. The molecule has 2 rings (SSSR count).